The molecular formula is C34H46N8O12. The Kier molecular flexibility index (Phi) is 15.5. The summed E-state index contributed by atoms with van der Waals surface area (Å²) in [6, 6.07) is 15.2. The van der Waals surface area contributed by atoms with E-state index in [1.165, 1.54) is 0 Å². The zero-order valence-electron chi connectivity index (χ0n) is 30.4. The minimum absolute atomic E-state index is 0.0207. The maximum absolute atomic E-state index is 13.4. The highest BCUT2D eigenvalue weighted by Gasteiger charge is 2.32. The Bertz CT molecular complexity index is 1790. The van der Waals surface area contributed by atoms with Crippen LogP contribution in [-0.2, 0) is 42.5 Å². The lowest BCUT2D eigenvalue weighted by Crippen LogP contribution is -2.24. The lowest BCUT2D eigenvalue weighted by Gasteiger charge is -2.18. The number of carbonyl (C=O) groups is 2. The molecule has 20 nitrogen and oxygen atoms in total. The van der Waals surface area contributed by atoms with Crippen LogP contribution in [0.15, 0.2) is 48.5 Å². The maximum atomic E-state index is 13.4. The average Bonchev–Trinajstić information content (AvgIpc) is 3.76. The van der Waals surface area contributed by atoms with E-state index >= 15 is 0 Å². The first kappa shape index (κ1) is 41.9. The fourth-order valence-electron chi connectivity index (χ4n) is 5.27. The van der Waals surface area contributed by atoms with Crippen LogP contribution >= 0.6 is 0 Å². The van der Waals surface area contributed by atoms with Crippen LogP contribution < -0.4 is 0 Å². The van der Waals surface area contributed by atoms with Gasteiger partial charge in [-0.3, -0.25) is 30.5 Å². The van der Waals surface area contributed by atoms with Gasteiger partial charge in [-0.05, 0) is 61.9 Å². The van der Waals surface area contributed by atoms with Crippen LogP contribution in [0.3, 0.4) is 0 Å². The van der Waals surface area contributed by atoms with E-state index < -0.39 is 29.3 Å². The van der Waals surface area contributed by atoms with Crippen molar-refractivity contribution in [3.8, 4) is 22.5 Å². The summed E-state index contributed by atoms with van der Waals surface area (Å²) in [5.41, 5.74) is 2.04. The molecular weight excluding hydrogens is 712 g/mol. The predicted octanol–water partition coefficient (Wildman–Crippen LogP) is 4.45. The highest BCUT2D eigenvalue weighted by molar-refractivity contribution is 5.89. The summed E-state index contributed by atoms with van der Waals surface area (Å²) in [6.45, 7) is 6.78. The van der Waals surface area contributed by atoms with E-state index in [0.717, 1.165) is 27.9 Å². The third-order valence-electron chi connectivity index (χ3n) is 7.78. The van der Waals surface area contributed by atoms with E-state index in [2.05, 4.69) is 30.1 Å². The molecule has 0 saturated heterocycles. The second-order valence-corrected chi connectivity index (χ2v) is 12.5. The number of esters is 1. The molecule has 1 atom stereocenters. The van der Waals surface area contributed by atoms with Gasteiger partial charge < -0.3 is 23.9 Å². The van der Waals surface area contributed by atoms with E-state index in [1.54, 1.807) is 25.3 Å². The zero-order valence-corrected chi connectivity index (χ0v) is 30.4. The smallest absolute Gasteiger partial charge is 0.461 e. The number of benzene rings is 2. The van der Waals surface area contributed by atoms with Gasteiger partial charge in [0.2, 0.25) is 12.1 Å². The molecule has 0 amide bonds. The second kappa shape index (κ2) is 20.0. The van der Waals surface area contributed by atoms with Crippen LogP contribution in [0, 0.1) is 0 Å². The lowest BCUT2D eigenvalue weighted by atomic mass is 9.98. The largest absolute Gasteiger partial charge is 0.510 e. The summed E-state index contributed by atoms with van der Waals surface area (Å²) < 4.78 is 17.5. The fourth-order valence-corrected chi connectivity index (χ4v) is 5.27. The third kappa shape index (κ3) is 12.1. The molecule has 0 aliphatic carbocycles. The number of hydrogen-bond donors (Lipinski definition) is 5. The molecule has 1 unspecified atom stereocenters. The van der Waals surface area contributed by atoms with Crippen molar-refractivity contribution in [3.63, 3.8) is 0 Å². The number of rotatable bonds is 21. The second-order valence-electron chi connectivity index (χ2n) is 12.5. The highest BCUT2D eigenvalue weighted by Crippen LogP contribution is 2.31. The number of tetrazole rings is 1. The number of carbonyl (C=O) groups excluding carboxylic acids is 2. The van der Waals surface area contributed by atoms with Crippen molar-refractivity contribution in [2.45, 2.75) is 78.2 Å². The molecule has 5 N–H and O–H groups in total. The van der Waals surface area contributed by atoms with Gasteiger partial charge in [-0.15, -0.1) is 15.0 Å². The van der Waals surface area contributed by atoms with E-state index in [0.29, 0.717) is 36.5 Å². The molecule has 0 aliphatic rings. The van der Waals surface area contributed by atoms with E-state index in [-0.39, 0.29) is 56.2 Å². The monoisotopic (exact) mass is 758 g/mol. The van der Waals surface area contributed by atoms with Crippen molar-refractivity contribution in [2.24, 2.45) is 0 Å². The van der Waals surface area contributed by atoms with Crippen molar-refractivity contribution < 1.29 is 59.4 Å². The molecule has 294 valence electrons. The van der Waals surface area contributed by atoms with Crippen molar-refractivity contribution in [1.29, 1.82) is 0 Å². The maximum Gasteiger partial charge on any atom is 0.510 e. The molecule has 4 rings (SSSR count). The van der Waals surface area contributed by atoms with Crippen LogP contribution in [-0.4, -0.2) is 105 Å². The summed E-state index contributed by atoms with van der Waals surface area (Å²) in [5.74, 6) is 0.221. The number of hydrogen-bond acceptors (Lipinski definition) is 18. The zero-order chi connectivity index (χ0) is 39.3. The van der Waals surface area contributed by atoms with Crippen LogP contribution in [0.25, 0.3) is 22.5 Å². The first-order chi connectivity index (χ1) is 25.8. The van der Waals surface area contributed by atoms with Gasteiger partial charge in [0.05, 0.1) is 37.2 Å². The average molecular weight is 759 g/mol. The van der Waals surface area contributed by atoms with Gasteiger partial charge in [0, 0.05) is 24.9 Å². The first-order valence-corrected chi connectivity index (χ1v) is 17.2. The van der Waals surface area contributed by atoms with E-state index in [9.17, 15) is 14.7 Å². The Balaban J connectivity index is 1.48. The Morgan fingerprint density at radius 1 is 0.870 bits per heavy atom. The van der Waals surface area contributed by atoms with Crippen LogP contribution in [0.2, 0.25) is 0 Å². The molecule has 0 saturated carbocycles. The minimum atomic E-state index is -1.45. The Hall–Kier alpha value is -4.90. The van der Waals surface area contributed by atoms with Gasteiger partial charge in [0.25, 0.3) is 0 Å². The lowest BCUT2D eigenvalue weighted by molar-refractivity contribution is -0.492. The van der Waals surface area contributed by atoms with E-state index in [4.69, 9.17) is 35.0 Å². The molecule has 0 bridgehead atoms. The quantitative estimate of drug-likeness (QED) is 0.0447. The number of aryl methyl sites for hydroxylation is 1. The summed E-state index contributed by atoms with van der Waals surface area (Å²) in [6.07, 6.45) is 0.411. The predicted molar refractivity (Wildman–Crippen MR) is 183 cm³/mol. The first-order valence-electron chi connectivity index (χ1n) is 17.2. The van der Waals surface area contributed by atoms with Gasteiger partial charge in [-0.2, -0.15) is 0 Å². The van der Waals surface area contributed by atoms with Gasteiger partial charge in [0.15, 0.2) is 5.69 Å². The molecule has 20 heteroatoms. The van der Waals surface area contributed by atoms with Crippen LogP contribution in [0.4, 0.5) is 4.79 Å². The molecule has 0 aliphatic heterocycles. The van der Waals surface area contributed by atoms with E-state index in [1.807, 2.05) is 55.5 Å². The molecule has 2 aromatic carbocycles. The summed E-state index contributed by atoms with van der Waals surface area (Å²) >= 11 is 0. The molecule has 0 fully saturated rings. The summed E-state index contributed by atoms with van der Waals surface area (Å²) in [5, 5.41) is 57.3. The fraction of sp³-hybridized carbons (Fsp3) is 0.471. The van der Waals surface area contributed by atoms with Crippen molar-refractivity contribution in [2.75, 3.05) is 26.4 Å². The number of ether oxygens (including phenoxy) is 3. The number of unbranched alkanes of at least 4 members (excludes halogenated alkanes) is 1. The Labute approximate surface area is 310 Å². The van der Waals surface area contributed by atoms with Crippen molar-refractivity contribution in [1.82, 2.24) is 40.5 Å². The van der Waals surface area contributed by atoms with Crippen LogP contribution in [0.5, 0.6) is 0 Å². The Morgan fingerprint density at radius 2 is 1.50 bits per heavy atom. The number of aliphatic hydroxyl groups is 1. The third-order valence-corrected chi connectivity index (χ3v) is 7.78. The molecule has 2 heterocycles. The highest BCUT2D eigenvalue weighted by atomic mass is 17.1. The van der Waals surface area contributed by atoms with Gasteiger partial charge in [-0.25, -0.2) is 14.6 Å². The number of nitrogens with zero attached hydrogens (tertiary/aromatic N) is 8. The van der Waals surface area contributed by atoms with Crippen molar-refractivity contribution in [3.05, 3.63) is 71.3 Å². The van der Waals surface area contributed by atoms with Crippen LogP contribution in [0.1, 0.15) is 87.2 Å². The topological polar surface area (TPSA) is 249 Å². The molecule has 54 heavy (non-hydrogen) atoms. The molecule has 4 aromatic rings. The Morgan fingerprint density at radius 3 is 2.15 bits per heavy atom. The number of imidazole rings is 1. The molecule has 0 spiro atoms. The molecule has 0 radical (unpaired) electrons. The van der Waals surface area contributed by atoms with Gasteiger partial charge in [0.1, 0.15) is 17.1 Å². The SMILES string of the molecule is CCCc1nc(C(C)(C)O)c(C(=O)OCCCON(O)O)n1Cc1ccc(-c2ccccc2-c2nnn(C(C)OC(=O)OCCCCON(O)O)n2)cc1. The van der Waals surface area contributed by atoms with Gasteiger partial charge >= 0.3 is 12.1 Å². The van der Waals surface area contributed by atoms with Gasteiger partial charge in [-0.1, -0.05) is 55.5 Å². The number of aromatic nitrogens is 6. The summed E-state index contributed by atoms with van der Waals surface area (Å²) in [7, 11) is 0. The minimum Gasteiger partial charge on any atom is -0.461 e. The summed E-state index contributed by atoms with van der Waals surface area (Å²) in [4.78, 5) is 40.3. The van der Waals surface area contributed by atoms with Crippen molar-refractivity contribution >= 4 is 12.1 Å². The standard InChI is InChI=1S/C34H46N8O12/c1-5-11-28-35-30(34(3,4)45)29(32(43)50-19-10-21-53-42(48)49)39(28)22-24-14-16-25(17-15-24)26-12-6-7-13-27(26)31-36-38-40(37-31)23(2)54-33(44)51-18-8-9-20-52-41(46)47/h6-7,12-17,23,45-49H,5,8-11,18-22H2,1-4H3. The normalized spacial score (nSPS) is 12.4. The molecule has 2 aromatic heterocycles.